The first-order valence-corrected chi connectivity index (χ1v) is 7.24. The van der Waals surface area contributed by atoms with Crippen LogP contribution in [0.2, 0.25) is 0 Å². The van der Waals surface area contributed by atoms with Crippen molar-refractivity contribution in [2.24, 2.45) is 11.5 Å². The van der Waals surface area contributed by atoms with Gasteiger partial charge in [-0.3, -0.25) is 4.79 Å². The SMILES string of the molecule is CCCCCCCC(=O)C(N)(CCCCN)C(=O)O. The van der Waals surface area contributed by atoms with Crippen molar-refractivity contribution in [2.45, 2.75) is 70.3 Å². The van der Waals surface area contributed by atoms with Gasteiger partial charge in [-0.1, -0.05) is 32.6 Å². The van der Waals surface area contributed by atoms with Crippen LogP contribution in [0.1, 0.15) is 64.7 Å². The summed E-state index contributed by atoms with van der Waals surface area (Å²) in [4.78, 5) is 23.2. The molecule has 0 spiro atoms. The second-order valence-electron chi connectivity index (χ2n) is 5.11. The lowest BCUT2D eigenvalue weighted by Gasteiger charge is -2.23. The number of hydrogen-bond acceptors (Lipinski definition) is 4. The average molecular weight is 272 g/mol. The molecule has 1 atom stereocenters. The molecule has 0 aromatic carbocycles. The summed E-state index contributed by atoms with van der Waals surface area (Å²) < 4.78 is 0. The van der Waals surface area contributed by atoms with E-state index < -0.39 is 11.5 Å². The Labute approximate surface area is 115 Å². The third kappa shape index (κ3) is 6.68. The maximum atomic E-state index is 12.0. The number of carbonyl (C=O) groups excluding carboxylic acids is 1. The summed E-state index contributed by atoms with van der Waals surface area (Å²) >= 11 is 0. The van der Waals surface area contributed by atoms with Gasteiger partial charge in [-0.25, -0.2) is 4.79 Å². The van der Waals surface area contributed by atoms with Gasteiger partial charge >= 0.3 is 5.97 Å². The van der Waals surface area contributed by atoms with E-state index in [1.54, 1.807) is 0 Å². The highest BCUT2D eigenvalue weighted by molar-refractivity contribution is 6.07. The Bertz CT molecular complexity index is 282. The number of Topliss-reactive ketones (excluding diaryl/α,β-unsaturated/α-hetero) is 1. The van der Waals surface area contributed by atoms with Crippen LogP contribution in [0, 0.1) is 0 Å². The Kier molecular flexibility index (Phi) is 9.43. The summed E-state index contributed by atoms with van der Waals surface area (Å²) in [5, 5.41) is 9.17. The second kappa shape index (κ2) is 9.92. The fourth-order valence-electron chi connectivity index (χ4n) is 2.03. The van der Waals surface area contributed by atoms with Crippen molar-refractivity contribution >= 4 is 11.8 Å². The van der Waals surface area contributed by atoms with Crippen molar-refractivity contribution in [1.29, 1.82) is 0 Å². The molecule has 0 aromatic rings. The lowest BCUT2D eigenvalue weighted by molar-refractivity contribution is -0.148. The molecule has 112 valence electrons. The van der Waals surface area contributed by atoms with Crippen molar-refractivity contribution in [2.75, 3.05) is 6.54 Å². The Morgan fingerprint density at radius 2 is 1.68 bits per heavy atom. The summed E-state index contributed by atoms with van der Waals surface area (Å²) in [5.41, 5.74) is 9.42. The maximum absolute atomic E-state index is 12.0. The van der Waals surface area contributed by atoms with Crippen molar-refractivity contribution in [1.82, 2.24) is 0 Å². The van der Waals surface area contributed by atoms with Crippen LogP contribution < -0.4 is 11.5 Å². The molecule has 0 heterocycles. The number of carboxylic acids is 1. The molecule has 0 rings (SSSR count). The smallest absolute Gasteiger partial charge is 0.331 e. The molecule has 0 aliphatic carbocycles. The molecule has 0 fully saturated rings. The lowest BCUT2D eigenvalue weighted by Crippen LogP contribution is -2.54. The van der Waals surface area contributed by atoms with Crippen LogP contribution in [0.5, 0.6) is 0 Å². The highest BCUT2D eigenvalue weighted by Crippen LogP contribution is 2.17. The maximum Gasteiger partial charge on any atom is 0.331 e. The Balaban J connectivity index is 4.20. The van der Waals surface area contributed by atoms with Crippen LogP contribution in [0.3, 0.4) is 0 Å². The zero-order valence-corrected chi connectivity index (χ0v) is 12.0. The molecule has 0 aliphatic rings. The first-order chi connectivity index (χ1) is 8.99. The van der Waals surface area contributed by atoms with E-state index in [2.05, 4.69) is 6.92 Å². The molecule has 0 saturated heterocycles. The summed E-state index contributed by atoms with van der Waals surface area (Å²) in [6.45, 7) is 2.61. The molecular formula is C14H28N2O3. The van der Waals surface area contributed by atoms with Gasteiger partial charge in [0.1, 0.15) is 0 Å². The third-order valence-electron chi connectivity index (χ3n) is 3.41. The zero-order valence-electron chi connectivity index (χ0n) is 12.0. The Morgan fingerprint density at radius 3 is 2.21 bits per heavy atom. The topological polar surface area (TPSA) is 106 Å². The fraction of sp³-hybridized carbons (Fsp3) is 0.857. The summed E-state index contributed by atoms with van der Waals surface area (Å²) in [6.07, 6.45) is 6.75. The van der Waals surface area contributed by atoms with Gasteiger partial charge in [0.2, 0.25) is 0 Å². The Morgan fingerprint density at radius 1 is 1.05 bits per heavy atom. The number of rotatable bonds is 12. The number of ketones is 1. The normalized spacial score (nSPS) is 14.1. The van der Waals surface area contributed by atoms with Gasteiger partial charge in [0.25, 0.3) is 0 Å². The van der Waals surface area contributed by atoms with Crippen molar-refractivity contribution in [3.05, 3.63) is 0 Å². The van der Waals surface area contributed by atoms with Crippen LogP contribution in [0.25, 0.3) is 0 Å². The molecule has 0 aromatic heterocycles. The zero-order chi connectivity index (χ0) is 14.7. The molecule has 5 heteroatoms. The van der Waals surface area contributed by atoms with Gasteiger partial charge in [0.05, 0.1) is 0 Å². The molecule has 0 saturated carbocycles. The van der Waals surface area contributed by atoms with Gasteiger partial charge in [-0.15, -0.1) is 0 Å². The first kappa shape index (κ1) is 18.1. The van der Waals surface area contributed by atoms with Crippen LogP contribution in [0.15, 0.2) is 0 Å². The predicted molar refractivity (Wildman–Crippen MR) is 75.8 cm³/mol. The molecule has 0 aliphatic heterocycles. The minimum absolute atomic E-state index is 0.174. The van der Waals surface area contributed by atoms with E-state index >= 15 is 0 Å². The fourth-order valence-corrected chi connectivity index (χ4v) is 2.03. The van der Waals surface area contributed by atoms with E-state index in [9.17, 15) is 9.59 Å². The van der Waals surface area contributed by atoms with E-state index in [0.717, 1.165) is 32.1 Å². The minimum Gasteiger partial charge on any atom is -0.480 e. The number of carboxylic acid groups (broad SMARTS) is 1. The van der Waals surface area contributed by atoms with Crippen LogP contribution in [-0.2, 0) is 9.59 Å². The second-order valence-corrected chi connectivity index (χ2v) is 5.11. The monoisotopic (exact) mass is 272 g/mol. The molecule has 1 unspecified atom stereocenters. The van der Waals surface area contributed by atoms with Gasteiger partial charge in [-0.05, 0) is 32.2 Å². The highest BCUT2D eigenvalue weighted by atomic mass is 16.4. The predicted octanol–water partition coefficient (Wildman–Crippen LogP) is 1.83. The van der Waals surface area contributed by atoms with Crippen molar-refractivity contribution in [3.8, 4) is 0 Å². The molecule has 0 bridgehead atoms. The van der Waals surface area contributed by atoms with Crippen molar-refractivity contribution < 1.29 is 14.7 Å². The van der Waals surface area contributed by atoms with Gasteiger partial charge in [0, 0.05) is 6.42 Å². The van der Waals surface area contributed by atoms with E-state index in [0.29, 0.717) is 19.4 Å². The molecule has 0 radical (unpaired) electrons. The van der Waals surface area contributed by atoms with Gasteiger partial charge in [-0.2, -0.15) is 0 Å². The largest absolute Gasteiger partial charge is 0.480 e. The average Bonchev–Trinajstić information content (AvgIpc) is 2.38. The summed E-state index contributed by atoms with van der Waals surface area (Å²) in [5.74, 6) is -1.57. The summed E-state index contributed by atoms with van der Waals surface area (Å²) in [7, 11) is 0. The number of aliphatic carboxylic acids is 1. The standard InChI is InChI=1S/C14H28N2O3/c1-2-3-4-5-6-9-12(17)14(16,13(18)19)10-7-8-11-15/h2-11,15-16H2,1H3,(H,18,19). The third-order valence-corrected chi connectivity index (χ3v) is 3.41. The first-order valence-electron chi connectivity index (χ1n) is 7.24. The van der Waals surface area contributed by atoms with Crippen LogP contribution >= 0.6 is 0 Å². The molecule has 5 N–H and O–H groups in total. The van der Waals surface area contributed by atoms with E-state index in [4.69, 9.17) is 16.6 Å². The quantitative estimate of drug-likeness (QED) is 0.371. The van der Waals surface area contributed by atoms with Gasteiger partial charge in [0.15, 0.2) is 11.3 Å². The number of nitrogens with two attached hydrogens (primary N) is 2. The molecule has 5 nitrogen and oxygen atoms in total. The number of unbranched alkanes of at least 4 members (excludes halogenated alkanes) is 5. The van der Waals surface area contributed by atoms with Crippen molar-refractivity contribution in [3.63, 3.8) is 0 Å². The molecule has 0 amide bonds. The van der Waals surface area contributed by atoms with E-state index in [1.165, 1.54) is 0 Å². The molecular weight excluding hydrogens is 244 g/mol. The van der Waals surface area contributed by atoms with E-state index in [-0.39, 0.29) is 18.6 Å². The lowest BCUT2D eigenvalue weighted by atomic mass is 9.86. The Hall–Kier alpha value is -0.940. The van der Waals surface area contributed by atoms with E-state index in [1.807, 2.05) is 0 Å². The van der Waals surface area contributed by atoms with Crippen LogP contribution in [-0.4, -0.2) is 28.9 Å². The minimum atomic E-state index is -1.72. The molecule has 19 heavy (non-hydrogen) atoms. The highest BCUT2D eigenvalue weighted by Gasteiger charge is 2.40. The van der Waals surface area contributed by atoms with Crippen LogP contribution in [0.4, 0.5) is 0 Å². The number of hydrogen-bond donors (Lipinski definition) is 3. The van der Waals surface area contributed by atoms with Gasteiger partial charge < -0.3 is 16.6 Å². The summed E-state index contributed by atoms with van der Waals surface area (Å²) in [6, 6.07) is 0. The number of carbonyl (C=O) groups is 2.